The molecule has 0 aliphatic rings. The van der Waals surface area contributed by atoms with Crippen molar-refractivity contribution in [2.45, 2.75) is 39.7 Å². The van der Waals surface area contributed by atoms with Crippen LogP contribution in [0.2, 0.25) is 0 Å². The fourth-order valence-corrected chi connectivity index (χ4v) is 2.48. The van der Waals surface area contributed by atoms with Crippen LogP contribution >= 0.6 is 0 Å². The highest BCUT2D eigenvalue weighted by atomic mass is 19.4. The largest absolute Gasteiger partial charge is 0.416 e. The maximum atomic E-state index is 13.0. The first-order chi connectivity index (χ1) is 13.5. The number of alkyl halides is 4. The summed E-state index contributed by atoms with van der Waals surface area (Å²) in [7, 11) is 0. The first-order valence-corrected chi connectivity index (χ1v) is 8.86. The van der Waals surface area contributed by atoms with Crippen molar-refractivity contribution in [1.29, 1.82) is 0 Å². The minimum Gasteiger partial charge on any atom is -0.346 e. The first kappa shape index (κ1) is 22.3. The normalized spacial score (nSPS) is 12.6. The van der Waals surface area contributed by atoms with Crippen molar-refractivity contribution >= 4 is 17.6 Å². The molecule has 0 aliphatic heterocycles. The Kier molecular flexibility index (Phi) is 6.94. The number of nitrogens with zero attached hydrogens (tertiary/aromatic N) is 1. The van der Waals surface area contributed by atoms with Crippen LogP contribution in [-0.4, -0.2) is 16.8 Å². The Labute approximate surface area is 165 Å². The maximum absolute atomic E-state index is 13.0. The number of amides is 2. The van der Waals surface area contributed by atoms with Gasteiger partial charge in [0.05, 0.1) is 11.6 Å². The molecule has 156 valence electrons. The van der Waals surface area contributed by atoms with E-state index in [2.05, 4.69) is 15.6 Å². The van der Waals surface area contributed by atoms with Crippen LogP contribution in [0.3, 0.4) is 0 Å². The standard InChI is InChI=1S/C20H21F4N3O2/c1-11(2)18(28)27-17-9-14(4-5-25-17)19(29)26-12(3)15-6-13(10-21)7-16(8-15)20(22,23)24/h4-9,11-12H,10H2,1-3H3,(H,26,29)(H,25,27,28)/t12-/m1/s1. The lowest BCUT2D eigenvalue weighted by molar-refractivity contribution is -0.137. The molecule has 0 bridgehead atoms. The molecule has 0 fully saturated rings. The van der Waals surface area contributed by atoms with Gasteiger partial charge in [0, 0.05) is 17.7 Å². The number of benzene rings is 1. The molecule has 0 saturated carbocycles. The minimum absolute atomic E-state index is 0.126. The lowest BCUT2D eigenvalue weighted by atomic mass is 10.0. The summed E-state index contributed by atoms with van der Waals surface area (Å²) in [6.45, 7) is 3.85. The van der Waals surface area contributed by atoms with Crippen LogP contribution < -0.4 is 10.6 Å². The lowest BCUT2D eigenvalue weighted by Gasteiger charge is -2.18. The number of halogens is 4. The SMILES string of the molecule is CC(C)C(=O)Nc1cc(C(=O)N[C@H](C)c2cc(CF)cc(C(F)(F)F)c2)ccn1. The molecule has 9 heteroatoms. The predicted molar refractivity (Wildman–Crippen MR) is 99.8 cm³/mol. The summed E-state index contributed by atoms with van der Waals surface area (Å²) < 4.78 is 52.1. The summed E-state index contributed by atoms with van der Waals surface area (Å²) >= 11 is 0. The Hall–Kier alpha value is -2.97. The van der Waals surface area contributed by atoms with Gasteiger partial charge in [-0.15, -0.1) is 0 Å². The van der Waals surface area contributed by atoms with Crippen molar-refractivity contribution in [3.63, 3.8) is 0 Å². The van der Waals surface area contributed by atoms with Gasteiger partial charge in [-0.3, -0.25) is 9.59 Å². The molecule has 2 amide bonds. The van der Waals surface area contributed by atoms with Gasteiger partial charge in [-0.25, -0.2) is 9.37 Å². The van der Waals surface area contributed by atoms with Crippen molar-refractivity contribution in [2.75, 3.05) is 5.32 Å². The number of aromatic nitrogens is 1. The average molecular weight is 411 g/mol. The van der Waals surface area contributed by atoms with Crippen LogP contribution in [0.25, 0.3) is 0 Å². The third-order valence-electron chi connectivity index (χ3n) is 4.14. The van der Waals surface area contributed by atoms with Gasteiger partial charge in [0.2, 0.25) is 5.91 Å². The molecular formula is C20H21F4N3O2. The number of hydrogen-bond acceptors (Lipinski definition) is 3. The Balaban J connectivity index is 2.20. The van der Waals surface area contributed by atoms with Gasteiger partial charge >= 0.3 is 6.18 Å². The summed E-state index contributed by atoms with van der Waals surface area (Å²) in [6.07, 6.45) is -3.29. The summed E-state index contributed by atoms with van der Waals surface area (Å²) in [5.74, 6) is -0.937. The van der Waals surface area contributed by atoms with Crippen molar-refractivity contribution in [3.05, 3.63) is 58.8 Å². The van der Waals surface area contributed by atoms with Crippen molar-refractivity contribution < 1.29 is 27.2 Å². The molecule has 1 aromatic carbocycles. The molecule has 0 radical (unpaired) electrons. The molecule has 2 N–H and O–H groups in total. The van der Waals surface area contributed by atoms with Crippen molar-refractivity contribution in [3.8, 4) is 0 Å². The zero-order valence-corrected chi connectivity index (χ0v) is 16.1. The topological polar surface area (TPSA) is 71.1 Å². The van der Waals surface area contributed by atoms with E-state index >= 15 is 0 Å². The van der Waals surface area contributed by atoms with Crippen LogP contribution in [0, 0.1) is 5.92 Å². The van der Waals surface area contributed by atoms with Gasteiger partial charge in [0.1, 0.15) is 12.5 Å². The number of nitrogens with one attached hydrogen (secondary N) is 2. The average Bonchev–Trinajstić information content (AvgIpc) is 2.66. The lowest BCUT2D eigenvalue weighted by Crippen LogP contribution is -2.27. The molecule has 1 heterocycles. The highest BCUT2D eigenvalue weighted by molar-refractivity contribution is 5.97. The second-order valence-electron chi connectivity index (χ2n) is 6.86. The molecule has 0 saturated heterocycles. The van der Waals surface area contributed by atoms with Crippen LogP contribution in [0.1, 0.15) is 53.9 Å². The number of carbonyl (C=O) groups is 2. The van der Waals surface area contributed by atoms with Gasteiger partial charge in [-0.1, -0.05) is 19.9 Å². The zero-order chi connectivity index (χ0) is 21.8. The highest BCUT2D eigenvalue weighted by Gasteiger charge is 2.31. The van der Waals surface area contributed by atoms with E-state index in [0.717, 1.165) is 12.1 Å². The van der Waals surface area contributed by atoms with Crippen LogP contribution in [0.15, 0.2) is 36.5 Å². The molecule has 29 heavy (non-hydrogen) atoms. The van der Waals surface area contributed by atoms with E-state index in [1.807, 2.05) is 0 Å². The van der Waals surface area contributed by atoms with Gasteiger partial charge in [0.15, 0.2) is 0 Å². The van der Waals surface area contributed by atoms with E-state index in [-0.39, 0.29) is 34.3 Å². The van der Waals surface area contributed by atoms with Crippen LogP contribution in [0.5, 0.6) is 0 Å². The Morgan fingerprint density at radius 3 is 2.38 bits per heavy atom. The van der Waals surface area contributed by atoms with Gasteiger partial charge in [-0.05, 0) is 42.3 Å². The second kappa shape index (κ2) is 9.02. The fourth-order valence-electron chi connectivity index (χ4n) is 2.48. The molecule has 1 aromatic heterocycles. The van der Waals surface area contributed by atoms with Crippen molar-refractivity contribution in [1.82, 2.24) is 10.3 Å². The predicted octanol–water partition coefficient (Wildman–Crippen LogP) is 4.66. The molecular weight excluding hydrogens is 390 g/mol. The smallest absolute Gasteiger partial charge is 0.346 e. The highest BCUT2D eigenvalue weighted by Crippen LogP contribution is 2.32. The summed E-state index contributed by atoms with van der Waals surface area (Å²) in [6, 6.07) is 4.86. The van der Waals surface area contributed by atoms with E-state index in [0.29, 0.717) is 0 Å². The second-order valence-corrected chi connectivity index (χ2v) is 6.86. The quantitative estimate of drug-likeness (QED) is 0.680. The Bertz CT molecular complexity index is 898. The molecule has 0 spiro atoms. The van der Waals surface area contributed by atoms with Gasteiger partial charge < -0.3 is 10.6 Å². The Morgan fingerprint density at radius 2 is 1.79 bits per heavy atom. The van der Waals surface area contributed by atoms with E-state index in [1.54, 1.807) is 13.8 Å². The number of hydrogen-bond donors (Lipinski definition) is 2. The first-order valence-electron chi connectivity index (χ1n) is 8.86. The van der Waals surface area contributed by atoms with E-state index in [9.17, 15) is 27.2 Å². The molecule has 2 rings (SSSR count). The van der Waals surface area contributed by atoms with Crippen LogP contribution in [-0.2, 0) is 17.6 Å². The van der Waals surface area contributed by atoms with E-state index < -0.39 is 30.4 Å². The fraction of sp³-hybridized carbons (Fsp3) is 0.350. The summed E-state index contributed by atoms with van der Waals surface area (Å²) in [5.41, 5.74) is -0.809. The maximum Gasteiger partial charge on any atom is 0.416 e. The van der Waals surface area contributed by atoms with Crippen molar-refractivity contribution in [2.24, 2.45) is 5.92 Å². The van der Waals surface area contributed by atoms with E-state index in [1.165, 1.54) is 31.3 Å². The molecule has 0 aliphatic carbocycles. The third-order valence-corrected chi connectivity index (χ3v) is 4.14. The number of carbonyl (C=O) groups excluding carboxylic acids is 2. The van der Waals surface area contributed by atoms with E-state index in [4.69, 9.17) is 0 Å². The van der Waals surface area contributed by atoms with Crippen LogP contribution in [0.4, 0.5) is 23.4 Å². The summed E-state index contributed by atoms with van der Waals surface area (Å²) in [4.78, 5) is 28.2. The Morgan fingerprint density at radius 1 is 1.10 bits per heavy atom. The molecule has 0 unspecified atom stereocenters. The number of rotatable bonds is 6. The number of pyridine rings is 1. The molecule has 2 aromatic rings. The summed E-state index contributed by atoms with van der Waals surface area (Å²) in [5, 5.41) is 5.14. The van der Waals surface area contributed by atoms with Gasteiger partial charge in [-0.2, -0.15) is 13.2 Å². The third kappa shape index (κ3) is 6.00. The number of anilines is 1. The monoisotopic (exact) mass is 411 g/mol. The van der Waals surface area contributed by atoms with Gasteiger partial charge in [0.25, 0.3) is 5.91 Å². The molecule has 1 atom stereocenters. The molecule has 5 nitrogen and oxygen atoms in total. The zero-order valence-electron chi connectivity index (χ0n) is 16.1. The minimum atomic E-state index is -4.63.